The number of carbonyl (C=O) groups excluding carboxylic acids is 2. The third-order valence-electron chi connectivity index (χ3n) is 3.74. The fraction of sp³-hybridized carbons (Fsp3) is 0.263. The molecule has 7 heteroatoms. The van der Waals surface area contributed by atoms with E-state index in [4.69, 9.17) is 11.6 Å². The van der Waals surface area contributed by atoms with Gasteiger partial charge in [-0.1, -0.05) is 29.8 Å². The Hall–Kier alpha value is -2.44. The van der Waals surface area contributed by atoms with Crippen LogP contribution in [0, 0.1) is 5.82 Å². The smallest absolute Gasteiger partial charge is 0.238 e. The zero-order valence-electron chi connectivity index (χ0n) is 14.7. The van der Waals surface area contributed by atoms with E-state index in [1.807, 2.05) is 0 Å². The van der Waals surface area contributed by atoms with Gasteiger partial charge in [0.2, 0.25) is 11.8 Å². The van der Waals surface area contributed by atoms with Gasteiger partial charge in [-0.25, -0.2) is 4.39 Å². The zero-order chi connectivity index (χ0) is 19.1. The van der Waals surface area contributed by atoms with E-state index in [0.29, 0.717) is 16.3 Å². The van der Waals surface area contributed by atoms with Crippen molar-refractivity contribution in [1.82, 2.24) is 9.80 Å². The van der Waals surface area contributed by atoms with Gasteiger partial charge < -0.3 is 10.2 Å². The quantitative estimate of drug-likeness (QED) is 0.807. The molecule has 0 aliphatic rings. The van der Waals surface area contributed by atoms with Crippen LogP contribution in [0.25, 0.3) is 0 Å². The van der Waals surface area contributed by atoms with Gasteiger partial charge in [-0.3, -0.25) is 14.5 Å². The summed E-state index contributed by atoms with van der Waals surface area (Å²) in [6, 6.07) is 13.1. The third kappa shape index (κ3) is 6.13. The predicted molar refractivity (Wildman–Crippen MR) is 100 cm³/mol. The molecule has 0 radical (unpaired) electrons. The Labute approximate surface area is 157 Å². The molecule has 0 saturated heterocycles. The van der Waals surface area contributed by atoms with Gasteiger partial charge in [0, 0.05) is 29.9 Å². The van der Waals surface area contributed by atoms with Crippen LogP contribution < -0.4 is 5.32 Å². The summed E-state index contributed by atoms with van der Waals surface area (Å²) >= 11 is 5.80. The van der Waals surface area contributed by atoms with Crippen molar-refractivity contribution in [3.05, 3.63) is 64.9 Å². The number of hydrogen-bond acceptors (Lipinski definition) is 3. The lowest BCUT2D eigenvalue weighted by molar-refractivity contribution is -0.131. The molecule has 0 unspecified atom stereocenters. The fourth-order valence-corrected chi connectivity index (χ4v) is 2.48. The van der Waals surface area contributed by atoms with E-state index < -0.39 is 0 Å². The van der Waals surface area contributed by atoms with Crippen molar-refractivity contribution in [2.75, 3.05) is 32.5 Å². The average Bonchev–Trinajstić information content (AvgIpc) is 2.58. The lowest BCUT2D eigenvalue weighted by atomic mass is 10.2. The number of rotatable bonds is 7. The third-order valence-corrected chi connectivity index (χ3v) is 3.99. The van der Waals surface area contributed by atoms with E-state index in [1.165, 1.54) is 11.0 Å². The first-order chi connectivity index (χ1) is 12.3. The fourth-order valence-electron chi connectivity index (χ4n) is 2.36. The molecule has 5 nitrogen and oxygen atoms in total. The van der Waals surface area contributed by atoms with Crippen LogP contribution in [-0.2, 0) is 16.1 Å². The van der Waals surface area contributed by atoms with Crippen LogP contribution >= 0.6 is 11.6 Å². The van der Waals surface area contributed by atoms with E-state index in [-0.39, 0.29) is 37.3 Å². The largest absolute Gasteiger partial charge is 0.340 e. The second kappa shape index (κ2) is 9.31. The number of likely N-dealkylation sites (N-methyl/N-ethyl adjacent to an activating group) is 2. The molecule has 0 heterocycles. The number of benzene rings is 2. The molecule has 2 aromatic carbocycles. The molecule has 0 spiro atoms. The van der Waals surface area contributed by atoms with Crippen molar-refractivity contribution in [1.29, 1.82) is 0 Å². The standard InChI is InChI=1S/C19H21ClFN3O2/c1-23(12-18(25)22-16-9-7-15(20)8-10-16)13-19(26)24(2)11-14-5-3-4-6-17(14)21/h3-10H,11-13H2,1-2H3,(H,22,25). The molecule has 0 fully saturated rings. The molecule has 0 atom stereocenters. The molecule has 0 aromatic heterocycles. The molecular formula is C19H21ClFN3O2. The van der Waals surface area contributed by atoms with Crippen LogP contribution in [0.5, 0.6) is 0 Å². The van der Waals surface area contributed by atoms with E-state index in [9.17, 15) is 14.0 Å². The highest BCUT2D eigenvalue weighted by atomic mass is 35.5. The minimum absolute atomic E-state index is 0.0546. The maximum atomic E-state index is 13.7. The minimum Gasteiger partial charge on any atom is -0.340 e. The Bertz CT molecular complexity index is 768. The molecule has 2 aromatic rings. The number of amides is 2. The number of nitrogens with one attached hydrogen (secondary N) is 1. The minimum atomic E-state index is -0.345. The van der Waals surface area contributed by atoms with E-state index in [2.05, 4.69) is 5.32 Å². The van der Waals surface area contributed by atoms with Gasteiger partial charge in [0.15, 0.2) is 0 Å². The van der Waals surface area contributed by atoms with Crippen molar-refractivity contribution in [3.8, 4) is 0 Å². The van der Waals surface area contributed by atoms with E-state index in [1.54, 1.807) is 61.5 Å². The monoisotopic (exact) mass is 377 g/mol. The molecule has 2 amide bonds. The number of hydrogen-bond donors (Lipinski definition) is 1. The highest BCUT2D eigenvalue weighted by Crippen LogP contribution is 2.13. The van der Waals surface area contributed by atoms with Gasteiger partial charge in [0.05, 0.1) is 13.1 Å². The second-order valence-electron chi connectivity index (χ2n) is 6.07. The SMILES string of the molecule is CN(CC(=O)Nc1ccc(Cl)cc1)CC(=O)N(C)Cc1ccccc1F. The Morgan fingerprint density at radius 2 is 1.69 bits per heavy atom. The summed E-state index contributed by atoms with van der Waals surface area (Å²) in [6.45, 7) is 0.289. The highest BCUT2D eigenvalue weighted by Gasteiger charge is 2.15. The molecule has 138 valence electrons. The van der Waals surface area contributed by atoms with Crippen LogP contribution in [-0.4, -0.2) is 48.8 Å². The average molecular weight is 378 g/mol. The number of carbonyl (C=O) groups is 2. The maximum Gasteiger partial charge on any atom is 0.238 e. The van der Waals surface area contributed by atoms with Crippen molar-refractivity contribution >= 4 is 29.1 Å². The van der Waals surface area contributed by atoms with Gasteiger partial charge in [-0.05, 0) is 37.4 Å². The predicted octanol–water partition coefficient (Wildman–Crippen LogP) is 3.01. The van der Waals surface area contributed by atoms with Gasteiger partial charge in [-0.15, -0.1) is 0 Å². The summed E-state index contributed by atoms with van der Waals surface area (Å²) in [5.41, 5.74) is 1.09. The normalized spacial score (nSPS) is 10.7. The molecule has 2 rings (SSSR count). The van der Waals surface area contributed by atoms with Crippen LogP contribution in [0.2, 0.25) is 5.02 Å². The Morgan fingerprint density at radius 3 is 2.35 bits per heavy atom. The molecule has 1 N–H and O–H groups in total. The van der Waals surface area contributed by atoms with Crippen molar-refractivity contribution in [2.24, 2.45) is 0 Å². The Balaban J connectivity index is 1.81. The number of halogens is 2. The summed E-state index contributed by atoms with van der Waals surface area (Å²) in [4.78, 5) is 27.3. The van der Waals surface area contributed by atoms with Crippen molar-refractivity contribution < 1.29 is 14.0 Å². The van der Waals surface area contributed by atoms with Crippen LogP contribution in [0.4, 0.5) is 10.1 Å². The summed E-state index contributed by atoms with van der Waals surface area (Å²) in [7, 11) is 3.28. The van der Waals surface area contributed by atoms with Gasteiger partial charge >= 0.3 is 0 Å². The number of nitrogens with zero attached hydrogens (tertiary/aromatic N) is 2. The van der Waals surface area contributed by atoms with Gasteiger partial charge in [0.25, 0.3) is 0 Å². The Kier molecular flexibility index (Phi) is 7.12. The lowest BCUT2D eigenvalue weighted by Crippen LogP contribution is -2.39. The molecule has 0 saturated carbocycles. The van der Waals surface area contributed by atoms with Crippen LogP contribution in [0.1, 0.15) is 5.56 Å². The van der Waals surface area contributed by atoms with E-state index in [0.717, 1.165) is 0 Å². The summed E-state index contributed by atoms with van der Waals surface area (Å²) in [5, 5.41) is 3.32. The molecule has 26 heavy (non-hydrogen) atoms. The Morgan fingerprint density at radius 1 is 1.04 bits per heavy atom. The lowest BCUT2D eigenvalue weighted by Gasteiger charge is -2.22. The van der Waals surface area contributed by atoms with E-state index >= 15 is 0 Å². The van der Waals surface area contributed by atoms with Crippen LogP contribution in [0.3, 0.4) is 0 Å². The molecular weight excluding hydrogens is 357 g/mol. The first kappa shape index (κ1) is 19.9. The summed E-state index contributed by atoms with van der Waals surface area (Å²) < 4.78 is 13.7. The first-order valence-electron chi connectivity index (χ1n) is 8.06. The van der Waals surface area contributed by atoms with Gasteiger partial charge in [0.1, 0.15) is 5.82 Å². The maximum absolute atomic E-state index is 13.7. The van der Waals surface area contributed by atoms with Crippen molar-refractivity contribution in [2.45, 2.75) is 6.54 Å². The zero-order valence-corrected chi connectivity index (χ0v) is 15.5. The number of anilines is 1. The van der Waals surface area contributed by atoms with Crippen LogP contribution in [0.15, 0.2) is 48.5 Å². The first-order valence-corrected chi connectivity index (χ1v) is 8.44. The topological polar surface area (TPSA) is 52.7 Å². The molecule has 0 aliphatic carbocycles. The van der Waals surface area contributed by atoms with Gasteiger partial charge in [-0.2, -0.15) is 0 Å². The van der Waals surface area contributed by atoms with Crippen molar-refractivity contribution in [3.63, 3.8) is 0 Å². The molecule has 0 bridgehead atoms. The molecule has 0 aliphatic heterocycles. The summed E-state index contributed by atoms with van der Waals surface area (Å²) in [5.74, 6) is -0.780. The highest BCUT2D eigenvalue weighted by molar-refractivity contribution is 6.30. The second-order valence-corrected chi connectivity index (χ2v) is 6.51. The summed E-state index contributed by atoms with van der Waals surface area (Å²) in [6.07, 6.45) is 0.